The van der Waals surface area contributed by atoms with Crippen LogP contribution < -0.4 is 0 Å². The van der Waals surface area contributed by atoms with Gasteiger partial charge in [0.2, 0.25) is 11.8 Å². The predicted molar refractivity (Wildman–Crippen MR) is 126 cm³/mol. The number of fused-ring (bicyclic) bond motifs is 1. The van der Waals surface area contributed by atoms with E-state index in [4.69, 9.17) is 8.83 Å². The molecular weight excluding hydrogens is 396 g/mol. The molecule has 2 aromatic heterocycles. The van der Waals surface area contributed by atoms with Crippen LogP contribution in [0.4, 0.5) is 0 Å². The monoisotopic (exact) mass is 414 g/mol. The summed E-state index contributed by atoms with van der Waals surface area (Å²) in [5.41, 5.74) is 3.86. The number of benzene rings is 4. The van der Waals surface area contributed by atoms with E-state index < -0.39 is 0 Å². The number of oxazole rings is 2. The van der Waals surface area contributed by atoms with E-state index >= 15 is 0 Å². The largest absolute Gasteiger partial charge is 0.436 e. The molecular formula is C28H18N2O2. The van der Waals surface area contributed by atoms with Crippen molar-refractivity contribution in [1.82, 2.24) is 9.97 Å². The van der Waals surface area contributed by atoms with Gasteiger partial charge in [-0.05, 0) is 22.9 Å². The van der Waals surface area contributed by atoms with Gasteiger partial charge in [-0.15, -0.1) is 0 Å². The Hall–Kier alpha value is -4.44. The smallest absolute Gasteiger partial charge is 0.227 e. The molecule has 4 nitrogen and oxygen atoms in total. The van der Waals surface area contributed by atoms with Gasteiger partial charge in [0.1, 0.15) is 0 Å². The molecule has 0 spiro atoms. The molecule has 0 aliphatic rings. The van der Waals surface area contributed by atoms with E-state index in [0.717, 1.165) is 44.5 Å². The molecule has 0 N–H and O–H groups in total. The third-order valence-electron chi connectivity index (χ3n) is 5.51. The molecule has 0 saturated heterocycles. The quantitative estimate of drug-likeness (QED) is 0.300. The second-order valence-electron chi connectivity index (χ2n) is 7.50. The molecule has 0 aliphatic heterocycles. The molecule has 32 heavy (non-hydrogen) atoms. The summed E-state index contributed by atoms with van der Waals surface area (Å²) < 4.78 is 12.2. The molecule has 4 heteroatoms. The first kappa shape index (κ1) is 18.3. The van der Waals surface area contributed by atoms with Crippen LogP contribution in [-0.4, -0.2) is 9.97 Å². The highest BCUT2D eigenvalue weighted by Crippen LogP contribution is 2.37. The van der Waals surface area contributed by atoms with E-state index in [9.17, 15) is 0 Å². The minimum absolute atomic E-state index is 0.587. The van der Waals surface area contributed by atoms with Crippen molar-refractivity contribution in [1.29, 1.82) is 0 Å². The Morgan fingerprint density at radius 3 is 1.28 bits per heavy atom. The van der Waals surface area contributed by atoms with Crippen LogP contribution in [-0.2, 0) is 0 Å². The normalized spacial score (nSPS) is 11.1. The van der Waals surface area contributed by atoms with Gasteiger partial charge in [0, 0.05) is 22.3 Å². The number of hydrogen-bond acceptors (Lipinski definition) is 4. The Morgan fingerprint density at radius 1 is 0.438 bits per heavy atom. The summed E-state index contributed by atoms with van der Waals surface area (Å²) in [5.74, 6) is 2.66. The van der Waals surface area contributed by atoms with Gasteiger partial charge >= 0.3 is 0 Å². The predicted octanol–water partition coefficient (Wildman–Crippen LogP) is 7.48. The van der Waals surface area contributed by atoms with E-state index in [1.165, 1.54) is 0 Å². The van der Waals surface area contributed by atoms with Crippen molar-refractivity contribution < 1.29 is 8.83 Å². The molecule has 6 rings (SSSR count). The minimum atomic E-state index is 0.587. The van der Waals surface area contributed by atoms with Crippen LogP contribution in [0.5, 0.6) is 0 Å². The van der Waals surface area contributed by atoms with Crippen molar-refractivity contribution in [2.75, 3.05) is 0 Å². The Kier molecular flexibility index (Phi) is 4.40. The molecule has 2 heterocycles. The molecule has 0 fully saturated rings. The molecule has 0 amide bonds. The number of rotatable bonds is 4. The minimum Gasteiger partial charge on any atom is -0.436 e. The molecule has 4 aromatic carbocycles. The van der Waals surface area contributed by atoms with Gasteiger partial charge < -0.3 is 8.83 Å². The fourth-order valence-electron chi connectivity index (χ4n) is 3.94. The van der Waals surface area contributed by atoms with Crippen LogP contribution in [0.3, 0.4) is 0 Å². The summed E-state index contributed by atoms with van der Waals surface area (Å²) in [6.07, 6.45) is 3.54. The number of nitrogens with zero attached hydrogens (tertiary/aromatic N) is 2. The summed E-state index contributed by atoms with van der Waals surface area (Å²) in [4.78, 5) is 9.11. The second kappa shape index (κ2) is 7.67. The Bertz CT molecular complexity index is 1400. The highest BCUT2D eigenvalue weighted by atomic mass is 16.4. The van der Waals surface area contributed by atoms with Gasteiger partial charge in [-0.25, -0.2) is 9.97 Å². The van der Waals surface area contributed by atoms with Crippen LogP contribution in [0.1, 0.15) is 0 Å². The molecule has 0 saturated carbocycles. The van der Waals surface area contributed by atoms with Gasteiger partial charge in [-0.3, -0.25) is 0 Å². The first-order valence-corrected chi connectivity index (χ1v) is 10.4. The van der Waals surface area contributed by atoms with Crippen molar-refractivity contribution >= 4 is 10.8 Å². The third kappa shape index (κ3) is 3.19. The maximum Gasteiger partial charge on any atom is 0.227 e. The van der Waals surface area contributed by atoms with E-state index in [-0.39, 0.29) is 0 Å². The maximum atomic E-state index is 6.12. The van der Waals surface area contributed by atoms with Crippen molar-refractivity contribution in [3.05, 3.63) is 109 Å². The molecule has 0 radical (unpaired) electrons. The highest BCUT2D eigenvalue weighted by molar-refractivity contribution is 6.02. The zero-order valence-corrected chi connectivity index (χ0v) is 17.1. The van der Waals surface area contributed by atoms with Crippen molar-refractivity contribution in [2.45, 2.75) is 0 Å². The van der Waals surface area contributed by atoms with Gasteiger partial charge in [0.15, 0.2) is 11.5 Å². The lowest BCUT2D eigenvalue weighted by molar-refractivity contribution is 0.588. The molecule has 0 bridgehead atoms. The van der Waals surface area contributed by atoms with E-state index in [0.29, 0.717) is 11.8 Å². The van der Waals surface area contributed by atoms with Crippen molar-refractivity contribution in [3.63, 3.8) is 0 Å². The van der Waals surface area contributed by atoms with Crippen molar-refractivity contribution in [3.8, 4) is 45.6 Å². The standard InChI is InChI=1S/C28H18N2O2/c1-3-9-19(10-4-1)25-17-29-27(31-25)23-15-16-24(22-14-8-7-13-21(22)23)28-30-18-26(32-28)20-11-5-2-6-12-20/h1-18H. The number of aromatic nitrogens is 2. The van der Waals surface area contributed by atoms with Crippen LogP contribution >= 0.6 is 0 Å². The maximum absolute atomic E-state index is 6.12. The summed E-state index contributed by atoms with van der Waals surface area (Å²) >= 11 is 0. The molecule has 0 unspecified atom stereocenters. The second-order valence-corrected chi connectivity index (χ2v) is 7.50. The average molecular weight is 414 g/mol. The summed E-state index contributed by atoms with van der Waals surface area (Å²) in [6.45, 7) is 0. The highest BCUT2D eigenvalue weighted by Gasteiger charge is 2.16. The first-order valence-electron chi connectivity index (χ1n) is 10.4. The fraction of sp³-hybridized carbons (Fsp3) is 0. The van der Waals surface area contributed by atoms with E-state index in [2.05, 4.69) is 22.1 Å². The third-order valence-corrected chi connectivity index (χ3v) is 5.51. The van der Waals surface area contributed by atoms with Gasteiger partial charge in [0.25, 0.3) is 0 Å². The van der Waals surface area contributed by atoms with Gasteiger partial charge in [-0.2, -0.15) is 0 Å². The van der Waals surface area contributed by atoms with Crippen LogP contribution in [0.15, 0.2) is 118 Å². The lowest BCUT2D eigenvalue weighted by Gasteiger charge is -2.07. The topological polar surface area (TPSA) is 52.1 Å². The molecule has 0 aliphatic carbocycles. The lowest BCUT2D eigenvalue weighted by Crippen LogP contribution is -1.86. The Balaban J connectivity index is 1.44. The average Bonchev–Trinajstić information content (AvgIpc) is 3.55. The van der Waals surface area contributed by atoms with E-state index in [1.807, 2.05) is 84.9 Å². The lowest BCUT2D eigenvalue weighted by atomic mass is 9.99. The summed E-state index contributed by atoms with van der Waals surface area (Å²) in [7, 11) is 0. The van der Waals surface area contributed by atoms with Crippen LogP contribution in [0.25, 0.3) is 56.3 Å². The molecule has 0 atom stereocenters. The molecule has 152 valence electrons. The van der Waals surface area contributed by atoms with E-state index in [1.54, 1.807) is 12.4 Å². The zero-order chi connectivity index (χ0) is 21.3. The SMILES string of the molecule is c1ccc(-c2cnc(-c3ccc(-c4ncc(-c5ccccc5)o4)c4ccccc34)o2)cc1. The first-order chi connectivity index (χ1) is 15.9. The summed E-state index contributed by atoms with van der Waals surface area (Å²) in [5, 5.41) is 2.07. The Labute approximate surface area is 184 Å². The number of hydrogen-bond donors (Lipinski definition) is 0. The fourth-order valence-corrected chi connectivity index (χ4v) is 3.94. The van der Waals surface area contributed by atoms with Crippen LogP contribution in [0.2, 0.25) is 0 Å². The summed E-state index contributed by atoms with van der Waals surface area (Å²) in [6, 6.07) is 32.2. The van der Waals surface area contributed by atoms with Crippen molar-refractivity contribution in [2.24, 2.45) is 0 Å². The zero-order valence-electron chi connectivity index (χ0n) is 17.1. The Morgan fingerprint density at radius 2 is 0.844 bits per heavy atom. The van der Waals surface area contributed by atoms with Gasteiger partial charge in [-0.1, -0.05) is 84.9 Å². The van der Waals surface area contributed by atoms with Crippen LogP contribution in [0, 0.1) is 0 Å². The van der Waals surface area contributed by atoms with Gasteiger partial charge in [0.05, 0.1) is 12.4 Å². The molecule has 6 aromatic rings.